The first-order chi connectivity index (χ1) is 10.1. The predicted octanol–water partition coefficient (Wildman–Crippen LogP) is 4.56. The summed E-state index contributed by atoms with van der Waals surface area (Å²) in [6, 6.07) is 16.9. The van der Waals surface area contributed by atoms with E-state index in [9.17, 15) is 4.79 Å². The fourth-order valence-electron chi connectivity index (χ4n) is 2.21. The Hall–Kier alpha value is -2.20. The van der Waals surface area contributed by atoms with Gasteiger partial charge < -0.3 is 5.32 Å². The van der Waals surface area contributed by atoms with E-state index in [-0.39, 0.29) is 5.91 Å². The molecule has 2 aromatic carbocycles. The third-order valence-corrected chi connectivity index (χ3v) is 3.73. The molecule has 21 heavy (non-hydrogen) atoms. The molecule has 0 aliphatic rings. The molecule has 0 aliphatic heterocycles. The molecule has 0 bridgehead atoms. The van der Waals surface area contributed by atoms with Crippen LogP contribution in [0.2, 0.25) is 0 Å². The van der Waals surface area contributed by atoms with Crippen molar-refractivity contribution in [2.24, 2.45) is 0 Å². The van der Waals surface area contributed by atoms with Gasteiger partial charge in [-0.2, -0.15) is 0 Å². The van der Waals surface area contributed by atoms with Crippen molar-refractivity contribution >= 4 is 38.4 Å². The van der Waals surface area contributed by atoms with Crippen LogP contribution in [0, 0.1) is 6.92 Å². The number of amides is 1. The first-order valence-corrected chi connectivity index (χ1v) is 7.36. The van der Waals surface area contributed by atoms with E-state index in [2.05, 4.69) is 26.2 Å². The number of benzene rings is 2. The number of nitrogens with one attached hydrogen (secondary N) is 1. The highest BCUT2D eigenvalue weighted by Gasteiger charge is 2.09. The van der Waals surface area contributed by atoms with Gasteiger partial charge in [0, 0.05) is 21.1 Å². The number of carbonyl (C=O) groups excluding carboxylic acids is 1. The molecule has 4 heteroatoms. The quantitative estimate of drug-likeness (QED) is 0.743. The van der Waals surface area contributed by atoms with E-state index in [1.54, 1.807) is 12.1 Å². The Morgan fingerprint density at radius 2 is 1.81 bits per heavy atom. The lowest BCUT2D eigenvalue weighted by Gasteiger charge is -2.10. The van der Waals surface area contributed by atoms with Gasteiger partial charge in [-0.1, -0.05) is 34.1 Å². The van der Waals surface area contributed by atoms with Crippen LogP contribution in [0.4, 0.5) is 5.69 Å². The Morgan fingerprint density at radius 1 is 1.10 bits per heavy atom. The van der Waals surface area contributed by atoms with Gasteiger partial charge in [-0.05, 0) is 43.3 Å². The summed E-state index contributed by atoms with van der Waals surface area (Å²) in [6.45, 7) is 1.92. The van der Waals surface area contributed by atoms with Crippen LogP contribution in [0.5, 0.6) is 0 Å². The summed E-state index contributed by atoms with van der Waals surface area (Å²) in [5.74, 6) is -0.127. The van der Waals surface area contributed by atoms with Gasteiger partial charge in [-0.15, -0.1) is 0 Å². The fraction of sp³-hybridized carbons (Fsp3) is 0.0588. The van der Waals surface area contributed by atoms with E-state index in [1.807, 2.05) is 49.4 Å². The summed E-state index contributed by atoms with van der Waals surface area (Å²) in [5.41, 5.74) is 3.16. The topological polar surface area (TPSA) is 42.0 Å². The highest BCUT2D eigenvalue weighted by atomic mass is 79.9. The van der Waals surface area contributed by atoms with Gasteiger partial charge in [0.05, 0.1) is 11.2 Å². The third kappa shape index (κ3) is 2.95. The summed E-state index contributed by atoms with van der Waals surface area (Å²) in [6.07, 6.45) is 0. The largest absolute Gasteiger partial charge is 0.321 e. The van der Waals surface area contributed by atoms with E-state index in [0.29, 0.717) is 5.56 Å². The average Bonchev–Trinajstić information content (AvgIpc) is 2.47. The zero-order chi connectivity index (χ0) is 14.8. The third-order valence-electron chi connectivity index (χ3n) is 3.20. The van der Waals surface area contributed by atoms with Crippen LogP contribution in [0.25, 0.3) is 10.9 Å². The van der Waals surface area contributed by atoms with Crippen molar-refractivity contribution < 1.29 is 4.79 Å². The maximum atomic E-state index is 12.3. The van der Waals surface area contributed by atoms with Gasteiger partial charge in [-0.25, -0.2) is 0 Å². The normalized spacial score (nSPS) is 10.6. The van der Waals surface area contributed by atoms with E-state index < -0.39 is 0 Å². The van der Waals surface area contributed by atoms with Gasteiger partial charge in [-0.3, -0.25) is 9.78 Å². The zero-order valence-corrected chi connectivity index (χ0v) is 13.0. The van der Waals surface area contributed by atoms with Gasteiger partial charge >= 0.3 is 0 Å². The number of hydrogen-bond donors (Lipinski definition) is 1. The number of nitrogens with zero attached hydrogens (tertiary/aromatic N) is 1. The minimum Gasteiger partial charge on any atom is -0.321 e. The number of anilines is 1. The number of aryl methyl sites for hydroxylation is 1. The Balaban J connectivity index is 1.98. The van der Waals surface area contributed by atoms with E-state index in [0.717, 1.165) is 26.8 Å². The minimum atomic E-state index is -0.127. The van der Waals surface area contributed by atoms with Crippen molar-refractivity contribution in [3.8, 4) is 0 Å². The lowest BCUT2D eigenvalue weighted by molar-refractivity contribution is 0.102. The molecule has 0 atom stereocenters. The second-order valence-corrected chi connectivity index (χ2v) is 5.71. The monoisotopic (exact) mass is 340 g/mol. The van der Waals surface area contributed by atoms with Crippen LogP contribution in [-0.4, -0.2) is 10.9 Å². The highest BCUT2D eigenvalue weighted by molar-refractivity contribution is 9.10. The predicted molar refractivity (Wildman–Crippen MR) is 88.6 cm³/mol. The molecular weight excluding hydrogens is 328 g/mol. The zero-order valence-electron chi connectivity index (χ0n) is 11.4. The molecule has 0 spiro atoms. The summed E-state index contributed by atoms with van der Waals surface area (Å²) >= 11 is 3.36. The number of pyridine rings is 1. The molecular formula is C17H13BrN2O. The number of fused-ring (bicyclic) bond motifs is 1. The molecule has 104 valence electrons. The van der Waals surface area contributed by atoms with E-state index in [1.165, 1.54) is 0 Å². The second kappa shape index (κ2) is 5.66. The number of hydrogen-bond acceptors (Lipinski definition) is 2. The highest BCUT2D eigenvalue weighted by Crippen LogP contribution is 2.23. The van der Waals surface area contributed by atoms with Gasteiger partial charge in [0.1, 0.15) is 0 Å². The molecule has 0 saturated heterocycles. The van der Waals surface area contributed by atoms with E-state index in [4.69, 9.17) is 0 Å². The van der Waals surface area contributed by atoms with E-state index >= 15 is 0 Å². The van der Waals surface area contributed by atoms with Crippen molar-refractivity contribution in [2.45, 2.75) is 6.92 Å². The Bertz CT molecular complexity index is 813. The number of carbonyl (C=O) groups is 1. The maximum absolute atomic E-state index is 12.3. The molecule has 0 radical (unpaired) electrons. The summed E-state index contributed by atoms with van der Waals surface area (Å²) in [5, 5.41) is 3.91. The van der Waals surface area contributed by atoms with Crippen molar-refractivity contribution in [2.75, 3.05) is 5.32 Å². The van der Waals surface area contributed by atoms with Crippen LogP contribution >= 0.6 is 15.9 Å². The Morgan fingerprint density at radius 3 is 2.57 bits per heavy atom. The first kappa shape index (κ1) is 13.8. The van der Waals surface area contributed by atoms with Crippen LogP contribution in [0.15, 0.2) is 59.1 Å². The summed E-state index contributed by atoms with van der Waals surface area (Å²) in [7, 11) is 0. The maximum Gasteiger partial charge on any atom is 0.255 e. The van der Waals surface area contributed by atoms with Crippen molar-refractivity contribution in [3.63, 3.8) is 0 Å². The molecule has 0 saturated carbocycles. The summed E-state index contributed by atoms with van der Waals surface area (Å²) in [4.78, 5) is 16.8. The molecule has 1 heterocycles. The van der Waals surface area contributed by atoms with Gasteiger partial charge in [0.2, 0.25) is 0 Å². The van der Waals surface area contributed by atoms with Gasteiger partial charge in [0.15, 0.2) is 0 Å². The van der Waals surface area contributed by atoms with Crippen LogP contribution < -0.4 is 5.32 Å². The Kier molecular flexibility index (Phi) is 3.71. The fourth-order valence-corrected chi connectivity index (χ4v) is 2.47. The summed E-state index contributed by atoms with van der Waals surface area (Å²) < 4.78 is 0.948. The smallest absolute Gasteiger partial charge is 0.255 e. The minimum absolute atomic E-state index is 0.127. The molecule has 1 N–H and O–H groups in total. The van der Waals surface area contributed by atoms with Crippen LogP contribution in [0.1, 0.15) is 16.1 Å². The average molecular weight is 341 g/mol. The molecule has 1 aromatic heterocycles. The van der Waals surface area contributed by atoms with Gasteiger partial charge in [0.25, 0.3) is 5.91 Å². The lowest BCUT2D eigenvalue weighted by atomic mass is 10.1. The number of halogens is 1. The standard InChI is InChI=1S/C17H13BrN2O/c1-11-10-16(14-4-2-3-5-15(14)19-11)20-17(21)12-6-8-13(18)9-7-12/h2-10H,1H3,(H,19,20,21). The molecule has 0 unspecified atom stereocenters. The molecule has 1 amide bonds. The molecule has 0 aliphatic carbocycles. The lowest BCUT2D eigenvalue weighted by Crippen LogP contribution is -2.12. The molecule has 0 fully saturated rings. The molecule has 3 rings (SSSR count). The van der Waals surface area contributed by atoms with Crippen molar-refractivity contribution in [1.29, 1.82) is 0 Å². The number of rotatable bonds is 2. The SMILES string of the molecule is Cc1cc(NC(=O)c2ccc(Br)cc2)c2ccccc2n1. The van der Waals surface area contributed by atoms with Crippen molar-refractivity contribution in [3.05, 3.63) is 70.3 Å². The number of para-hydroxylation sites is 1. The van der Waals surface area contributed by atoms with Crippen LogP contribution in [0.3, 0.4) is 0 Å². The second-order valence-electron chi connectivity index (χ2n) is 4.79. The molecule has 3 nitrogen and oxygen atoms in total. The first-order valence-electron chi connectivity index (χ1n) is 6.57. The van der Waals surface area contributed by atoms with Crippen molar-refractivity contribution in [1.82, 2.24) is 4.98 Å². The molecule has 3 aromatic rings. The van der Waals surface area contributed by atoms with Crippen LogP contribution in [-0.2, 0) is 0 Å². The Labute approximate surface area is 131 Å². The number of aromatic nitrogens is 1.